The summed E-state index contributed by atoms with van der Waals surface area (Å²) in [5.74, 6) is -0.325. The number of esters is 3. The number of anilines is 3. The van der Waals surface area contributed by atoms with Gasteiger partial charge in [-0.25, -0.2) is 19.2 Å². The summed E-state index contributed by atoms with van der Waals surface area (Å²) in [6.45, 7) is 7.76. The maximum absolute atomic E-state index is 12.0. The van der Waals surface area contributed by atoms with E-state index >= 15 is 0 Å². The van der Waals surface area contributed by atoms with Crippen LogP contribution in [0.2, 0.25) is 0 Å². The Morgan fingerprint density at radius 1 is 0.478 bits per heavy atom. The normalized spacial score (nSPS) is 10.3. The molecule has 0 unspecified atom stereocenters. The molecule has 6 aromatic rings. The van der Waals surface area contributed by atoms with Gasteiger partial charge in [-0.15, -0.1) is 0 Å². The molecule has 0 saturated carbocycles. The first-order valence-electron chi connectivity index (χ1n) is 20.8. The van der Waals surface area contributed by atoms with Gasteiger partial charge in [0.25, 0.3) is 0 Å². The molecule has 15 nitrogen and oxygen atoms in total. The van der Waals surface area contributed by atoms with Gasteiger partial charge in [-0.3, -0.25) is 10.1 Å². The van der Waals surface area contributed by atoms with Crippen LogP contribution < -0.4 is 30.6 Å². The van der Waals surface area contributed by atoms with Gasteiger partial charge in [0.15, 0.2) is 0 Å². The van der Waals surface area contributed by atoms with Crippen molar-refractivity contribution in [2.75, 3.05) is 37.7 Å². The van der Waals surface area contributed by atoms with Crippen LogP contribution >= 0.6 is 0 Å². The molecule has 350 valence electrons. The van der Waals surface area contributed by atoms with E-state index in [1.165, 1.54) is 34.3 Å². The Kier molecular flexibility index (Phi) is 19.8. The van der Waals surface area contributed by atoms with Gasteiger partial charge in [-0.1, -0.05) is 91.0 Å². The summed E-state index contributed by atoms with van der Waals surface area (Å²) in [6.07, 6.45) is -0.604. The summed E-state index contributed by atoms with van der Waals surface area (Å²) in [6, 6.07) is 43.2. The third kappa shape index (κ3) is 17.6. The van der Waals surface area contributed by atoms with Gasteiger partial charge in [-0.2, -0.15) is 0 Å². The first kappa shape index (κ1) is 51.3. The largest absolute Gasteiger partial charge is 0.487 e. The Bertz CT molecular complexity index is 2560. The van der Waals surface area contributed by atoms with Crippen molar-refractivity contribution in [2.24, 2.45) is 0 Å². The van der Waals surface area contributed by atoms with Crippen molar-refractivity contribution in [1.82, 2.24) is 0 Å². The van der Waals surface area contributed by atoms with Gasteiger partial charge in [0.1, 0.15) is 42.7 Å². The molecule has 0 aromatic heterocycles. The van der Waals surface area contributed by atoms with Crippen LogP contribution in [-0.4, -0.2) is 56.8 Å². The second-order valence-corrected chi connectivity index (χ2v) is 15.3. The van der Waals surface area contributed by atoms with E-state index < -0.39 is 29.6 Å². The van der Waals surface area contributed by atoms with E-state index in [1.54, 1.807) is 69.3 Å². The number of hydrogen-bond acceptors (Lipinski definition) is 13. The quantitative estimate of drug-likeness (QED) is 0.0530. The average molecular weight is 914 g/mol. The SMILES string of the molecule is COC(=O)c1ccc(N)c(OCc2ccccc2)c1.COC(=O)c1ccc(NC(=O)OC(C)(C)C)c(OCc2ccccc2)c1.COC(=O)c1ccc(NC(C)=O)c(OCc2ccccc2)c1. The number of carbonyl (C=O) groups excluding carboxylic acids is 5. The lowest BCUT2D eigenvalue weighted by Gasteiger charge is -2.20. The molecule has 0 heterocycles. The van der Waals surface area contributed by atoms with Gasteiger partial charge in [0, 0.05) is 6.92 Å². The predicted molar refractivity (Wildman–Crippen MR) is 254 cm³/mol. The highest BCUT2D eigenvalue weighted by Crippen LogP contribution is 2.29. The van der Waals surface area contributed by atoms with Crippen LogP contribution in [-0.2, 0) is 43.6 Å². The predicted octanol–water partition coefficient (Wildman–Crippen LogP) is 10.0. The topological polar surface area (TPSA) is 200 Å². The van der Waals surface area contributed by atoms with Crippen molar-refractivity contribution >= 4 is 47.0 Å². The zero-order valence-electron chi connectivity index (χ0n) is 38.5. The smallest absolute Gasteiger partial charge is 0.412 e. The summed E-state index contributed by atoms with van der Waals surface area (Å²) in [7, 11) is 3.96. The second kappa shape index (κ2) is 25.8. The molecule has 0 radical (unpaired) electrons. The fraction of sp³-hybridized carbons (Fsp3) is 0.212. The Balaban J connectivity index is 0.000000222. The minimum absolute atomic E-state index is 0.213. The van der Waals surface area contributed by atoms with E-state index in [4.69, 9.17) is 34.2 Å². The molecule has 6 aromatic carbocycles. The van der Waals surface area contributed by atoms with Crippen molar-refractivity contribution in [3.63, 3.8) is 0 Å². The van der Waals surface area contributed by atoms with Crippen LogP contribution in [0.15, 0.2) is 146 Å². The highest BCUT2D eigenvalue weighted by Gasteiger charge is 2.19. The highest BCUT2D eigenvalue weighted by atomic mass is 16.6. The van der Waals surface area contributed by atoms with Crippen LogP contribution in [0.3, 0.4) is 0 Å². The number of nitrogen functional groups attached to an aromatic ring is 1. The maximum atomic E-state index is 12.0. The van der Waals surface area contributed by atoms with Gasteiger partial charge in [-0.05, 0) is 92.1 Å². The molecular formula is C52H55N3O12. The van der Waals surface area contributed by atoms with Crippen LogP contribution in [0.25, 0.3) is 0 Å². The molecule has 2 amide bonds. The lowest BCUT2D eigenvalue weighted by atomic mass is 10.2. The van der Waals surface area contributed by atoms with Crippen molar-refractivity contribution in [1.29, 1.82) is 0 Å². The van der Waals surface area contributed by atoms with Crippen molar-refractivity contribution in [2.45, 2.75) is 53.1 Å². The molecule has 67 heavy (non-hydrogen) atoms. The zero-order valence-corrected chi connectivity index (χ0v) is 38.5. The molecule has 0 bridgehead atoms. The fourth-order valence-electron chi connectivity index (χ4n) is 5.69. The van der Waals surface area contributed by atoms with Crippen LogP contribution in [0.5, 0.6) is 17.2 Å². The number of carbonyl (C=O) groups is 5. The number of ether oxygens (including phenoxy) is 7. The monoisotopic (exact) mass is 913 g/mol. The molecular weight excluding hydrogens is 859 g/mol. The minimum atomic E-state index is -0.624. The first-order chi connectivity index (χ1) is 32.1. The molecule has 15 heteroatoms. The third-order valence-corrected chi connectivity index (χ3v) is 8.90. The first-order valence-corrected chi connectivity index (χ1v) is 20.8. The van der Waals surface area contributed by atoms with E-state index in [0.29, 0.717) is 64.2 Å². The Morgan fingerprint density at radius 3 is 1.18 bits per heavy atom. The van der Waals surface area contributed by atoms with Gasteiger partial charge in [0.05, 0.1) is 55.1 Å². The third-order valence-electron chi connectivity index (χ3n) is 8.90. The van der Waals surface area contributed by atoms with E-state index in [2.05, 4.69) is 15.4 Å². The number of benzene rings is 6. The summed E-state index contributed by atoms with van der Waals surface area (Å²) in [5.41, 5.74) is 10.7. The Labute approximate surface area is 390 Å². The van der Waals surface area contributed by atoms with Crippen LogP contribution in [0, 0.1) is 0 Å². The van der Waals surface area contributed by atoms with Crippen molar-refractivity contribution < 1.29 is 57.1 Å². The molecule has 4 N–H and O–H groups in total. The standard InChI is InChI=1S/C20H23NO5.C17H17NO4.C15H15NO3/c1-20(2,3)26-19(23)21-16-11-10-15(18(22)24-4)12-17(16)25-13-14-8-6-5-7-9-14;1-12(19)18-15-9-8-14(17(20)21-2)10-16(15)22-11-13-6-4-3-5-7-13;1-18-15(17)12-7-8-13(16)14(9-12)19-10-11-5-3-2-4-6-11/h5-12H,13H2,1-4H3,(H,21,23);3-10H,11H2,1-2H3,(H,18,19);2-9H,10,16H2,1H3. The maximum Gasteiger partial charge on any atom is 0.412 e. The summed E-state index contributed by atoms with van der Waals surface area (Å²) >= 11 is 0. The van der Waals surface area contributed by atoms with E-state index in [0.717, 1.165) is 16.7 Å². The molecule has 0 aliphatic heterocycles. The number of hydrogen-bond donors (Lipinski definition) is 3. The van der Waals surface area contributed by atoms with Gasteiger partial charge in [0.2, 0.25) is 5.91 Å². The molecule has 0 atom stereocenters. The summed E-state index contributed by atoms with van der Waals surface area (Å²) in [5, 5.41) is 5.33. The van der Waals surface area contributed by atoms with E-state index in [1.807, 2.05) is 91.0 Å². The summed E-state index contributed by atoms with van der Waals surface area (Å²) in [4.78, 5) is 58.1. The molecule has 6 rings (SSSR count). The average Bonchev–Trinajstić information content (AvgIpc) is 3.33. The molecule has 0 saturated heterocycles. The van der Waals surface area contributed by atoms with E-state index in [9.17, 15) is 24.0 Å². The number of nitrogens with one attached hydrogen (secondary N) is 2. The lowest BCUT2D eigenvalue weighted by Crippen LogP contribution is -2.27. The van der Waals surface area contributed by atoms with Crippen LogP contribution in [0.4, 0.5) is 21.9 Å². The number of rotatable bonds is 14. The number of methoxy groups -OCH3 is 3. The molecule has 0 spiro atoms. The summed E-state index contributed by atoms with van der Waals surface area (Å²) < 4.78 is 36.5. The molecule has 0 aliphatic carbocycles. The van der Waals surface area contributed by atoms with Crippen molar-refractivity contribution in [3.8, 4) is 17.2 Å². The fourth-order valence-corrected chi connectivity index (χ4v) is 5.69. The highest BCUT2D eigenvalue weighted by molar-refractivity contribution is 5.95. The number of amides is 2. The van der Waals surface area contributed by atoms with Crippen molar-refractivity contribution in [3.05, 3.63) is 179 Å². The van der Waals surface area contributed by atoms with Gasteiger partial charge < -0.3 is 44.2 Å². The number of nitrogens with two attached hydrogens (primary N) is 1. The Hall–Kier alpha value is -8.33. The van der Waals surface area contributed by atoms with Crippen LogP contribution in [0.1, 0.15) is 75.5 Å². The van der Waals surface area contributed by atoms with Gasteiger partial charge >= 0.3 is 24.0 Å². The minimum Gasteiger partial charge on any atom is -0.487 e. The second-order valence-electron chi connectivity index (χ2n) is 15.3. The lowest BCUT2D eigenvalue weighted by molar-refractivity contribution is -0.114. The van der Waals surface area contributed by atoms with E-state index in [-0.39, 0.29) is 12.5 Å². The molecule has 0 fully saturated rings. The Morgan fingerprint density at radius 2 is 0.821 bits per heavy atom. The zero-order chi connectivity index (χ0) is 48.8. The molecule has 0 aliphatic rings.